The van der Waals surface area contributed by atoms with Crippen molar-refractivity contribution in [3.05, 3.63) is 59.7 Å². The fraction of sp³-hybridized carbons (Fsp3) is 0.438. The minimum absolute atomic E-state index is 0.00811. The zero-order valence-corrected chi connectivity index (χ0v) is 26.4. The Bertz CT molecular complexity index is 1570. The summed E-state index contributed by atoms with van der Waals surface area (Å²) in [7, 11) is -0.786. The van der Waals surface area contributed by atoms with Crippen molar-refractivity contribution in [2.24, 2.45) is 7.05 Å². The highest BCUT2D eigenvalue weighted by Gasteiger charge is 2.48. The van der Waals surface area contributed by atoms with E-state index in [-0.39, 0.29) is 28.3 Å². The van der Waals surface area contributed by atoms with Gasteiger partial charge in [0, 0.05) is 24.8 Å². The summed E-state index contributed by atoms with van der Waals surface area (Å²) in [5.41, 5.74) is 1.47. The molecule has 0 bridgehead atoms. The van der Waals surface area contributed by atoms with Crippen molar-refractivity contribution < 1.29 is 28.6 Å². The molecule has 2 aromatic heterocycles. The number of carbonyl (C=O) groups is 1. The molecule has 0 radical (unpaired) electrons. The van der Waals surface area contributed by atoms with Crippen LogP contribution in [0.5, 0.6) is 17.4 Å². The number of halogens is 1. The number of nitrogens with zero attached hydrogens (tertiary/aromatic N) is 2. The molecule has 41 heavy (non-hydrogen) atoms. The molecule has 7 nitrogen and oxygen atoms in total. The number of ether oxygens (including phenoxy) is 1. The molecule has 2 N–H and O–H groups in total. The summed E-state index contributed by atoms with van der Waals surface area (Å²) < 4.78 is 28.6. The van der Waals surface area contributed by atoms with Crippen LogP contribution in [0.3, 0.4) is 0 Å². The average Bonchev–Trinajstić information content (AvgIpc) is 3.18. The van der Waals surface area contributed by atoms with E-state index >= 15 is 0 Å². The third kappa shape index (κ3) is 5.39. The van der Waals surface area contributed by atoms with Crippen molar-refractivity contribution >= 4 is 36.0 Å². The van der Waals surface area contributed by atoms with Gasteiger partial charge in [-0.2, -0.15) is 0 Å². The molecule has 4 rings (SSSR count). The normalized spacial score (nSPS) is 12.7. The van der Waals surface area contributed by atoms with Crippen LogP contribution >= 0.6 is 0 Å². The molecule has 0 spiro atoms. The summed E-state index contributed by atoms with van der Waals surface area (Å²) in [5.74, 6) is -0.639. The number of benzene rings is 2. The lowest BCUT2D eigenvalue weighted by atomic mass is 10.0. The first kappa shape index (κ1) is 30.4. The van der Waals surface area contributed by atoms with E-state index in [0.29, 0.717) is 39.6 Å². The molecule has 0 saturated carbocycles. The second kappa shape index (κ2) is 11.0. The molecule has 0 aliphatic rings. The Morgan fingerprint density at radius 2 is 1.59 bits per heavy atom. The Kier molecular flexibility index (Phi) is 8.15. The Hall–Kier alpha value is -3.59. The van der Waals surface area contributed by atoms with Gasteiger partial charge in [0.1, 0.15) is 22.8 Å². The second-order valence-electron chi connectivity index (χ2n) is 12.4. The summed E-state index contributed by atoms with van der Waals surface area (Å²) in [6.45, 7) is 16.1. The Morgan fingerprint density at radius 1 is 1.00 bits per heavy atom. The number of aromatic hydroxyl groups is 1. The van der Waals surface area contributed by atoms with Crippen molar-refractivity contribution in [1.82, 2.24) is 9.55 Å². The lowest BCUT2D eigenvalue weighted by molar-refractivity contribution is -0.152. The third-order valence-corrected chi connectivity index (χ3v) is 14.2. The number of fused-ring (bicyclic) bond motifs is 2. The van der Waals surface area contributed by atoms with Crippen LogP contribution in [0.1, 0.15) is 66.5 Å². The number of carboxylic acid groups (broad SMARTS) is 1. The number of aliphatic carboxylic acids is 1. The van der Waals surface area contributed by atoms with Gasteiger partial charge in [-0.25, -0.2) is 9.18 Å². The molecular weight excluding hydrogens is 539 g/mol. The molecule has 0 amide bonds. The highest BCUT2D eigenvalue weighted by molar-refractivity contribution is 6.78. The summed E-state index contributed by atoms with van der Waals surface area (Å²) in [5, 5.41) is 22.8. The molecule has 9 heteroatoms. The zero-order valence-electron chi connectivity index (χ0n) is 25.4. The molecule has 0 unspecified atom stereocenters. The van der Waals surface area contributed by atoms with Gasteiger partial charge in [-0.05, 0) is 66.2 Å². The number of rotatable bonds is 10. The van der Waals surface area contributed by atoms with E-state index in [4.69, 9.17) is 14.1 Å². The van der Waals surface area contributed by atoms with Crippen LogP contribution in [0.2, 0.25) is 16.6 Å². The molecule has 2 aromatic carbocycles. The SMILES string of the molecule is CC(C)[Si](Oc1c2ncc(Cc3ccc(F)cc3)cc2c(OC(C)(C)C(=O)O)c2cn(C)c(O)c12)(C(C)C)C(C)C. The molecule has 0 aliphatic heterocycles. The first-order valence-corrected chi connectivity index (χ1v) is 16.2. The minimum atomic E-state index is -2.51. The highest BCUT2D eigenvalue weighted by Crippen LogP contribution is 2.51. The maximum atomic E-state index is 13.5. The quantitative estimate of drug-likeness (QED) is 0.185. The fourth-order valence-corrected chi connectivity index (χ4v) is 11.4. The minimum Gasteiger partial charge on any atom is -0.541 e. The Balaban J connectivity index is 2.08. The van der Waals surface area contributed by atoms with Crippen molar-refractivity contribution in [1.29, 1.82) is 0 Å². The van der Waals surface area contributed by atoms with Crippen molar-refractivity contribution in [3.8, 4) is 17.4 Å². The van der Waals surface area contributed by atoms with Crippen molar-refractivity contribution in [2.45, 2.75) is 84.0 Å². The first-order valence-electron chi connectivity index (χ1n) is 14.1. The summed E-state index contributed by atoms with van der Waals surface area (Å²) in [4.78, 5) is 17.0. The molecule has 220 valence electrons. The predicted molar refractivity (Wildman–Crippen MR) is 163 cm³/mol. The van der Waals surface area contributed by atoms with E-state index in [2.05, 4.69) is 41.5 Å². The van der Waals surface area contributed by atoms with Gasteiger partial charge in [0.2, 0.25) is 5.88 Å². The van der Waals surface area contributed by atoms with Gasteiger partial charge < -0.3 is 23.9 Å². The van der Waals surface area contributed by atoms with E-state index in [9.17, 15) is 19.4 Å². The van der Waals surface area contributed by atoms with Gasteiger partial charge >= 0.3 is 5.97 Å². The largest absolute Gasteiger partial charge is 0.541 e. The summed E-state index contributed by atoms with van der Waals surface area (Å²) in [6, 6.07) is 8.23. The van der Waals surface area contributed by atoms with Gasteiger partial charge in [-0.3, -0.25) is 4.98 Å². The number of aromatic nitrogens is 2. The molecule has 4 aromatic rings. The molecule has 0 fully saturated rings. The maximum Gasteiger partial charge on any atom is 0.347 e. The van der Waals surface area contributed by atoms with Crippen LogP contribution in [0.15, 0.2) is 42.7 Å². The number of hydrogen-bond acceptors (Lipinski definition) is 5. The van der Waals surface area contributed by atoms with Crippen molar-refractivity contribution in [2.75, 3.05) is 0 Å². The third-order valence-electron chi connectivity index (χ3n) is 8.21. The standard InChI is InChI=1S/C32H41FN2O5Si/c1-18(2)41(19(3)4,20(5)6)40-29-26-25(17-35(9)30(26)36)28(39-32(7,8)31(37)38)24-15-22(16-34-27(24)29)14-21-10-12-23(33)13-11-21/h10-13,15-20,36H,14H2,1-9H3,(H,37,38). The smallest absolute Gasteiger partial charge is 0.347 e. The molecule has 0 saturated heterocycles. The zero-order chi connectivity index (χ0) is 30.4. The van der Waals surface area contributed by atoms with E-state index in [1.54, 1.807) is 36.1 Å². The number of carboxylic acids is 1. The van der Waals surface area contributed by atoms with Crippen LogP contribution in [0.25, 0.3) is 21.7 Å². The van der Waals surface area contributed by atoms with Gasteiger partial charge in [-0.15, -0.1) is 0 Å². The van der Waals surface area contributed by atoms with Crippen LogP contribution in [-0.4, -0.2) is 39.7 Å². The van der Waals surface area contributed by atoms with Crippen LogP contribution in [0.4, 0.5) is 4.39 Å². The first-order chi connectivity index (χ1) is 19.1. The van der Waals surface area contributed by atoms with E-state index in [1.807, 2.05) is 6.07 Å². The number of pyridine rings is 1. The summed E-state index contributed by atoms with van der Waals surface area (Å²) in [6.07, 6.45) is 3.97. The fourth-order valence-electron chi connectivity index (χ4n) is 6.11. The molecule has 0 atom stereocenters. The topological polar surface area (TPSA) is 93.8 Å². The van der Waals surface area contributed by atoms with Crippen LogP contribution in [-0.2, 0) is 18.3 Å². The number of hydrogen-bond donors (Lipinski definition) is 2. The van der Waals surface area contributed by atoms with Gasteiger partial charge in [0.15, 0.2) is 5.60 Å². The van der Waals surface area contributed by atoms with Crippen LogP contribution < -0.4 is 9.16 Å². The van der Waals surface area contributed by atoms with E-state index < -0.39 is 19.9 Å². The predicted octanol–water partition coefficient (Wildman–Crippen LogP) is 7.96. The monoisotopic (exact) mass is 580 g/mol. The lowest BCUT2D eigenvalue weighted by Crippen LogP contribution is -2.50. The number of aryl methyl sites for hydroxylation is 1. The summed E-state index contributed by atoms with van der Waals surface area (Å²) >= 11 is 0. The molecular formula is C32H41FN2O5Si. The Labute approximate surface area is 242 Å². The average molecular weight is 581 g/mol. The maximum absolute atomic E-state index is 13.5. The Morgan fingerprint density at radius 3 is 2.12 bits per heavy atom. The molecule has 0 aliphatic carbocycles. The van der Waals surface area contributed by atoms with Gasteiger partial charge in [-0.1, -0.05) is 53.7 Å². The lowest BCUT2D eigenvalue weighted by Gasteiger charge is -2.42. The molecule has 2 heterocycles. The van der Waals surface area contributed by atoms with Crippen molar-refractivity contribution in [3.63, 3.8) is 0 Å². The second-order valence-corrected chi connectivity index (χ2v) is 17.8. The van der Waals surface area contributed by atoms with Gasteiger partial charge in [0.05, 0.1) is 10.8 Å². The van der Waals surface area contributed by atoms with Crippen LogP contribution in [0, 0.1) is 5.82 Å². The van der Waals surface area contributed by atoms with E-state index in [1.165, 1.54) is 26.0 Å². The van der Waals surface area contributed by atoms with E-state index in [0.717, 1.165) is 11.1 Å². The van der Waals surface area contributed by atoms with Gasteiger partial charge in [0.25, 0.3) is 8.32 Å². The highest BCUT2D eigenvalue weighted by atomic mass is 28.4.